The third-order valence-corrected chi connectivity index (χ3v) is 1.69. The highest BCUT2D eigenvalue weighted by atomic mass is 19.3. The molecule has 0 atom stereocenters. The highest BCUT2D eigenvalue weighted by molar-refractivity contribution is 5.97. The lowest BCUT2D eigenvalue weighted by molar-refractivity contribution is -0.143. The Bertz CT molecular complexity index is 208. The fourth-order valence-corrected chi connectivity index (χ4v) is 1.05. The van der Waals surface area contributed by atoms with Crippen LogP contribution in [0.1, 0.15) is 12.8 Å². The van der Waals surface area contributed by atoms with Gasteiger partial charge in [-0.15, -0.1) is 0 Å². The maximum Gasteiger partial charge on any atom is 0.303 e. The SMILES string of the molecule is NC(F)(F)C1CC(=O)NC(=O)C1. The second-order valence-electron chi connectivity index (χ2n) is 2.75. The van der Waals surface area contributed by atoms with Crippen molar-refractivity contribution in [2.75, 3.05) is 0 Å². The third kappa shape index (κ3) is 1.97. The topological polar surface area (TPSA) is 72.2 Å². The average Bonchev–Trinajstić information content (AvgIpc) is 1.82. The molecule has 1 aliphatic rings. The Labute approximate surface area is 67.1 Å². The van der Waals surface area contributed by atoms with E-state index < -0.39 is 36.6 Å². The summed E-state index contributed by atoms with van der Waals surface area (Å²) in [5.74, 6) is -2.75. The zero-order chi connectivity index (χ0) is 9.35. The van der Waals surface area contributed by atoms with Gasteiger partial charge in [0.15, 0.2) is 0 Å². The van der Waals surface area contributed by atoms with Gasteiger partial charge in [-0.3, -0.25) is 20.6 Å². The number of piperidine rings is 1. The van der Waals surface area contributed by atoms with Gasteiger partial charge >= 0.3 is 6.05 Å². The van der Waals surface area contributed by atoms with Crippen LogP contribution >= 0.6 is 0 Å². The lowest BCUT2D eigenvalue weighted by atomic mass is 9.95. The number of alkyl halides is 2. The summed E-state index contributed by atoms with van der Waals surface area (Å²) in [5, 5.41) is 1.91. The van der Waals surface area contributed by atoms with E-state index >= 15 is 0 Å². The second kappa shape index (κ2) is 2.78. The van der Waals surface area contributed by atoms with Crippen LogP contribution in [0.4, 0.5) is 8.78 Å². The van der Waals surface area contributed by atoms with Crippen LogP contribution in [0, 0.1) is 5.92 Å². The molecular formula is C6H8F2N2O2. The van der Waals surface area contributed by atoms with Crippen molar-refractivity contribution in [1.82, 2.24) is 5.32 Å². The van der Waals surface area contributed by atoms with E-state index in [2.05, 4.69) is 5.73 Å². The highest BCUT2D eigenvalue weighted by Gasteiger charge is 2.40. The normalized spacial score (nSPS) is 20.9. The maximum atomic E-state index is 12.4. The molecule has 0 saturated carbocycles. The van der Waals surface area contributed by atoms with Crippen LogP contribution in [-0.2, 0) is 9.59 Å². The van der Waals surface area contributed by atoms with Crippen molar-refractivity contribution >= 4 is 11.8 Å². The number of carbonyl (C=O) groups excluding carboxylic acids is 2. The van der Waals surface area contributed by atoms with Gasteiger partial charge in [-0.05, 0) is 0 Å². The van der Waals surface area contributed by atoms with Gasteiger partial charge in [0.25, 0.3) is 0 Å². The standard InChI is InChI=1S/C6H8F2N2O2/c7-6(8,9)3-1-4(11)10-5(12)2-3/h3H,1-2,9H2,(H,10,11,12). The number of rotatable bonds is 1. The van der Waals surface area contributed by atoms with Gasteiger partial charge in [0.2, 0.25) is 11.8 Å². The first kappa shape index (κ1) is 9.05. The summed E-state index contributed by atoms with van der Waals surface area (Å²) in [4.78, 5) is 21.2. The molecule has 0 bridgehead atoms. The van der Waals surface area contributed by atoms with Crippen molar-refractivity contribution in [3.63, 3.8) is 0 Å². The van der Waals surface area contributed by atoms with Crippen LogP contribution < -0.4 is 11.1 Å². The molecule has 1 fully saturated rings. The molecule has 0 aromatic rings. The first-order valence-corrected chi connectivity index (χ1v) is 3.39. The molecule has 0 radical (unpaired) electrons. The fraction of sp³-hybridized carbons (Fsp3) is 0.667. The summed E-state index contributed by atoms with van der Waals surface area (Å²) in [6.07, 6.45) is -0.787. The van der Waals surface area contributed by atoms with Gasteiger partial charge in [0, 0.05) is 12.8 Å². The highest BCUT2D eigenvalue weighted by Crippen LogP contribution is 2.26. The van der Waals surface area contributed by atoms with Crippen molar-refractivity contribution in [1.29, 1.82) is 0 Å². The Kier molecular flexibility index (Phi) is 2.10. The van der Waals surface area contributed by atoms with Crippen molar-refractivity contribution in [2.24, 2.45) is 11.7 Å². The molecule has 0 unspecified atom stereocenters. The molecule has 3 N–H and O–H groups in total. The molecule has 1 saturated heterocycles. The fourth-order valence-electron chi connectivity index (χ4n) is 1.05. The van der Waals surface area contributed by atoms with Gasteiger partial charge in [-0.2, -0.15) is 8.78 Å². The molecule has 1 aliphatic heterocycles. The largest absolute Gasteiger partial charge is 0.303 e. The van der Waals surface area contributed by atoms with Crippen LogP contribution in [-0.4, -0.2) is 17.9 Å². The molecule has 4 nitrogen and oxygen atoms in total. The molecule has 0 spiro atoms. The summed E-state index contributed by atoms with van der Waals surface area (Å²) >= 11 is 0. The average molecular weight is 178 g/mol. The molecule has 0 aromatic carbocycles. The first-order valence-electron chi connectivity index (χ1n) is 3.39. The van der Waals surface area contributed by atoms with Crippen LogP contribution in [0.5, 0.6) is 0 Å². The monoisotopic (exact) mass is 178 g/mol. The van der Waals surface area contributed by atoms with E-state index in [9.17, 15) is 18.4 Å². The van der Waals surface area contributed by atoms with Crippen molar-refractivity contribution < 1.29 is 18.4 Å². The summed E-state index contributed by atoms with van der Waals surface area (Å²) in [5.41, 5.74) is 4.47. The van der Waals surface area contributed by atoms with E-state index in [1.807, 2.05) is 5.32 Å². The van der Waals surface area contributed by atoms with E-state index in [-0.39, 0.29) is 0 Å². The molecule has 0 aliphatic carbocycles. The van der Waals surface area contributed by atoms with Gasteiger partial charge < -0.3 is 0 Å². The van der Waals surface area contributed by atoms with Gasteiger partial charge in [-0.1, -0.05) is 0 Å². The van der Waals surface area contributed by atoms with Crippen LogP contribution in [0.15, 0.2) is 0 Å². The molecule has 2 amide bonds. The quantitative estimate of drug-likeness (QED) is 0.423. The number of hydrogen-bond donors (Lipinski definition) is 2. The van der Waals surface area contributed by atoms with Crippen molar-refractivity contribution in [3.8, 4) is 0 Å². The van der Waals surface area contributed by atoms with E-state index in [1.165, 1.54) is 0 Å². The summed E-state index contributed by atoms with van der Waals surface area (Å²) < 4.78 is 24.8. The summed E-state index contributed by atoms with van der Waals surface area (Å²) in [6, 6.07) is -3.45. The number of hydrogen-bond acceptors (Lipinski definition) is 3. The Hall–Kier alpha value is -1.04. The zero-order valence-electron chi connectivity index (χ0n) is 6.14. The Morgan fingerprint density at radius 3 is 2.08 bits per heavy atom. The van der Waals surface area contributed by atoms with Gasteiger partial charge in [0.1, 0.15) is 0 Å². The molecule has 1 heterocycles. The van der Waals surface area contributed by atoms with Crippen LogP contribution in [0.2, 0.25) is 0 Å². The minimum Gasteiger partial charge on any atom is -0.296 e. The lowest BCUT2D eigenvalue weighted by Gasteiger charge is -2.25. The smallest absolute Gasteiger partial charge is 0.296 e. The molecule has 68 valence electrons. The predicted octanol–water partition coefficient (Wildman–Crippen LogP) is -0.409. The number of amides is 2. The van der Waals surface area contributed by atoms with Gasteiger partial charge in [-0.25, -0.2) is 0 Å². The van der Waals surface area contributed by atoms with Crippen molar-refractivity contribution in [2.45, 2.75) is 18.9 Å². The van der Waals surface area contributed by atoms with E-state index in [0.717, 1.165) is 0 Å². The number of halogens is 2. The second-order valence-corrected chi connectivity index (χ2v) is 2.75. The van der Waals surface area contributed by atoms with E-state index in [0.29, 0.717) is 0 Å². The minimum atomic E-state index is -3.45. The van der Waals surface area contributed by atoms with Gasteiger partial charge in [0.05, 0.1) is 5.92 Å². The molecule has 6 heteroatoms. The number of nitrogens with one attached hydrogen (secondary N) is 1. The third-order valence-electron chi connectivity index (χ3n) is 1.69. The number of carbonyl (C=O) groups is 2. The van der Waals surface area contributed by atoms with E-state index in [1.54, 1.807) is 0 Å². The Morgan fingerprint density at radius 1 is 1.33 bits per heavy atom. The molecule has 1 rings (SSSR count). The predicted molar refractivity (Wildman–Crippen MR) is 35.0 cm³/mol. The number of nitrogens with two attached hydrogens (primary N) is 1. The minimum absolute atomic E-state index is 0.394. The molecular weight excluding hydrogens is 170 g/mol. The molecule has 12 heavy (non-hydrogen) atoms. The zero-order valence-corrected chi connectivity index (χ0v) is 6.14. The van der Waals surface area contributed by atoms with Crippen LogP contribution in [0.25, 0.3) is 0 Å². The van der Waals surface area contributed by atoms with E-state index in [4.69, 9.17) is 0 Å². The lowest BCUT2D eigenvalue weighted by Crippen LogP contribution is -2.48. The maximum absolute atomic E-state index is 12.4. The molecule has 0 aromatic heterocycles. The van der Waals surface area contributed by atoms with Crippen LogP contribution in [0.3, 0.4) is 0 Å². The summed E-state index contributed by atoms with van der Waals surface area (Å²) in [6.45, 7) is 0. The summed E-state index contributed by atoms with van der Waals surface area (Å²) in [7, 11) is 0. The van der Waals surface area contributed by atoms with Crippen molar-refractivity contribution in [3.05, 3.63) is 0 Å². The first-order chi connectivity index (χ1) is 5.39. The Morgan fingerprint density at radius 2 is 1.75 bits per heavy atom. The number of imide groups is 1. The Balaban J connectivity index is 2.68.